The second-order valence-electron chi connectivity index (χ2n) is 4.81. The first-order chi connectivity index (χ1) is 8.72. The number of thioether (sulfide) groups is 1. The Morgan fingerprint density at radius 3 is 3.06 bits per heavy atom. The molecule has 0 unspecified atom stereocenters. The molecule has 2 saturated heterocycles. The molecule has 1 amide bonds. The molecular weight excluding hydrogens is 250 g/mol. The molecule has 0 aliphatic carbocycles. The fourth-order valence-corrected chi connectivity index (χ4v) is 4.14. The minimum atomic E-state index is 0.00416. The monoisotopic (exact) mass is 265 g/mol. The fourth-order valence-electron chi connectivity index (χ4n) is 2.55. The highest BCUT2D eigenvalue weighted by Gasteiger charge is 2.50. The van der Waals surface area contributed by atoms with Crippen LogP contribution in [0.1, 0.15) is 16.9 Å². The lowest BCUT2D eigenvalue weighted by atomic mass is 9.92. The molecule has 1 aromatic heterocycles. The summed E-state index contributed by atoms with van der Waals surface area (Å²) in [6.07, 6.45) is 4.39. The zero-order valence-corrected chi connectivity index (χ0v) is 11.0. The number of hydrogen-bond donors (Lipinski definition) is 0. The van der Waals surface area contributed by atoms with Crippen LogP contribution in [-0.4, -0.2) is 57.6 Å². The molecule has 6 heteroatoms. The van der Waals surface area contributed by atoms with Crippen LogP contribution in [-0.2, 0) is 4.74 Å². The Kier molecular flexibility index (Phi) is 2.99. The van der Waals surface area contributed by atoms with Gasteiger partial charge in [0.15, 0.2) is 0 Å². The summed E-state index contributed by atoms with van der Waals surface area (Å²) in [5.41, 5.74) is 0.478. The summed E-state index contributed by atoms with van der Waals surface area (Å²) in [5.74, 6) is 1.04. The highest BCUT2D eigenvalue weighted by Crippen LogP contribution is 2.46. The van der Waals surface area contributed by atoms with Crippen molar-refractivity contribution in [3.63, 3.8) is 0 Å². The van der Waals surface area contributed by atoms with Crippen LogP contribution in [0.3, 0.4) is 0 Å². The quantitative estimate of drug-likeness (QED) is 0.792. The van der Waals surface area contributed by atoms with Gasteiger partial charge >= 0.3 is 0 Å². The lowest BCUT2D eigenvalue weighted by molar-refractivity contribution is 0.0446. The van der Waals surface area contributed by atoms with Crippen molar-refractivity contribution >= 4 is 17.7 Å². The van der Waals surface area contributed by atoms with E-state index in [0.29, 0.717) is 11.8 Å². The van der Waals surface area contributed by atoms with Crippen molar-refractivity contribution in [1.82, 2.24) is 14.9 Å². The maximum atomic E-state index is 12.1. The average molecular weight is 265 g/mol. The van der Waals surface area contributed by atoms with E-state index in [-0.39, 0.29) is 10.7 Å². The molecule has 0 N–H and O–H groups in total. The second kappa shape index (κ2) is 4.51. The molecule has 1 aromatic rings. The maximum Gasteiger partial charge on any atom is 0.272 e. The molecule has 2 aliphatic rings. The van der Waals surface area contributed by atoms with Crippen molar-refractivity contribution in [2.75, 3.05) is 26.0 Å². The van der Waals surface area contributed by atoms with Gasteiger partial charge in [0.05, 0.1) is 10.9 Å². The number of nitrogens with zero attached hydrogens (tertiary/aromatic N) is 3. The number of likely N-dealkylation sites (tertiary alicyclic amines) is 1. The third-order valence-corrected chi connectivity index (χ3v) is 5.13. The van der Waals surface area contributed by atoms with E-state index in [4.69, 9.17) is 4.74 Å². The molecule has 3 rings (SSSR count). The number of carbonyl (C=O) groups excluding carboxylic acids is 1. The van der Waals surface area contributed by atoms with Crippen molar-refractivity contribution in [2.45, 2.75) is 17.3 Å². The fraction of sp³-hybridized carbons (Fsp3) is 0.583. The Morgan fingerprint density at radius 2 is 2.44 bits per heavy atom. The molecule has 3 heterocycles. The van der Waals surface area contributed by atoms with Crippen LogP contribution in [0.4, 0.5) is 0 Å². The van der Waals surface area contributed by atoms with Crippen molar-refractivity contribution < 1.29 is 9.53 Å². The van der Waals surface area contributed by atoms with Crippen LogP contribution in [0.5, 0.6) is 0 Å². The molecule has 0 bridgehead atoms. The number of rotatable bonds is 2. The zero-order valence-electron chi connectivity index (χ0n) is 10.2. The molecule has 0 saturated carbocycles. The summed E-state index contributed by atoms with van der Waals surface area (Å²) < 4.78 is 5.60. The Bertz CT molecular complexity index is 448. The van der Waals surface area contributed by atoms with E-state index in [1.807, 2.05) is 16.7 Å². The molecule has 96 valence electrons. The molecule has 18 heavy (non-hydrogen) atoms. The van der Waals surface area contributed by atoms with Gasteiger partial charge in [-0.2, -0.15) is 0 Å². The minimum absolute atomic E-state index is 0.00416. The lowest BCUT2D eigenvalue weighted by Gasteiger charge is -2.47. The summed E-state index contributed by atoms with van der Waals surface area (Å²) >= 11 is 1.93. The van der Waals surface area contributed by atoms with Crippen molar-refractivity contribution in [1.29, 1.82) is 0 Å². The van der Waals surface area contributed by atoms with Crippen LogP contribution < -0.4 is 0 Å². The normalized spacial score (nSPS) is 25.2. The lowest BCUT2D eigenvalue weighted by Crippen LogP contribution is -2.60. The van der Waals surface area contributed by atoms with Crippen molar-refractivity contribution in [3.8, 4) is 0 Å². The largest absolute Gasteiger partial charge is 0.381 e. The Hall–Kier alpha value is -1.14. The molecule has 0 aromatic carbocycles. The Morgan fingerprint density at radius 1 is 1.61 bits per heavy atom. The smallest absolute Gasteiger partial charge is 0.272 e. The first-order valence-corrected chi connectivity index (χ1v) is 6.93. The van der Waals surface area contributed by atoms with E-state index in [2.05, 4.69) is 9.97 Å². The zero-order chi connectivity index (χ0) is 12.6. The van der Waals surface area contributed by atoms with Gasteiger partial charge in [-0.3, -0.25) is 4.79 Å². The van der Waals surface area contributed by atoms with Crippen LogP contribution in [0, 0.1) is 0 Å². The Balaban J connectivity index is 1.61. The SMILES string of the molecule is CO[C@H]1CSC2(C1)CN(C(=O)c1ccncn1)C2. The summed E-state index contributed by atoms with van der Waals surface area (Å²) in [7, 11) is 1.76. The third kappa shape index (κ3) is 1.99. The van der Waals surface area contributed by atoms with Gasteiger partial charge < -0.3 is 9.64 Å². The number of carbonyl (C=O) groups is 1. The number of methoxy groups -OCH3 is 1. The molecule has 5 nitrogen and oxygen atoms in total. The van der Waals surface area contributed by atoms with Crippen LogP contribution in [0.15, 0.2) is 18.6 Å². The molecule has 2 aliphatic heterocycles. The van der Waals surface area contributed by atoms with E-state index in [9.17, 15) is 4.79 Å². The van der Waals surface area contributed by atoms with Gasteiger partial charge in [-0.05, 0) is 12.5 Å². The van der Waals surface area contributed by atoms with Crippen LogP contribution in [0.2, 0.25) is 0 Å². The summed E-state index contributed by atoms with van der Waals surface area (Å²) in [5, 5.41) is 0. The minimum Gasteiger partial charge on any atom is -0.381 e. The summed E-state index contributed by atoms with van der Waals surface area (Å²) in [6.45, 7) is 1.61. The number of ether oxygens (including phenoxy) is 1. The molecule has 2 fully saturated rings. The second-order valence-corrected chi connectivity index (χ2v) is 6.30. The predicted molar refractivity (Wildman–Crippen MR) is 68.5 cm³/mol. The van der Waals surface area contributed by atoms with Gasteiger partial charge in [0.2, 0.25) is 0 Å². The number of amides is 1. The highest BCUT2D eigenvalue weighted by atomic mass is 32.2. The number of hydrogen-bond acceptors (Lipinski definition) is 5. The highest BCUT2D eigenvalue weighted by molar-refractivity contribution is 8.01. The van der Waals surface area contributed by atoms with E-state index in [0.717, 1.165) is 25.3 Å². The standard InChI is InChI=1S/C12H15N3O2S/c1-17-9-4-12(18-5-9)6-15(7-12)11(16)10-2-3-13-8-14-10/h2-3,8-9H,4-7H2,1H3/t9-/m1/s1. The first-order valence-electron chi connectivity index (χ1n) is 5.94. The van der Waals surface area contributed by atoms with Crippen molar-refractivity contribution in [3.05, 3.63) is 24.3 Å². The van der Waals surface area contributed by atoms with Crippen molar-refractivity contribution in [2.24, 2.45) is 0 Å². The van der Waals surface area contributed by atoms with E-state index in [1.165, 1.54) is 6.33 Å². The maximum absolute atomic E-state index is 12.1. The molecule has 1 spiro atoms. The van der Waals surface area contributed by atoms with E-state index in [1.54, 1.807) is 19.4 Å². The summed E-state index contributed by atoms with van der Waals surface area (Å²) in [6, 6.07) is 1.66. The summed E-state index contributed by atoms with van der Waals surface area (Å²) in [4.78, 5) is 21.8. The van der Waals surface area contributed by atoms with Gasteiger partial charge in [0, 0.05) is 32.1 Å². The predicted octanol–water partition coefficient (Wildman–Crippen LogP) is 0.823. The average Bonchev–Trinajstić information content (AvgIpc) is 2.82. The van der Waals surface area contributed by atoms with Gasteiger partial charge in [-0.25, -0.2) is 9.97 Å². The van der Waals surface area contributed by atoms with E-state index < -0.39 is 0 Å². The third-order valence-electron chi connectivity index (χ3n) is 3.55. The topological polar surface area (TPSA) is 55.3 Å². The van der Waals surface area contributed by atoms with Gasteiger partial charge in [0.1, 0.15) is 12.0 Å². The number of aromatic nitrogens is 2. The van der Waals surface area contributed by atoms with Gasteiger partial charge in [-0.15, -0.1) is 11.8 Å². The molecule has 0 radical (unpaired) electrons. The van der Waals surface area contributed by atoms with Gasteiger partial charge in [0.25, 0.3) is 5.91 Å². The van der Waals surface area contributed by atoms with Crippen LogP contribution >= 0.6 is 11.8 Å². The molecular formula is C12H15N3O2S. The first kappa shape index (κ1) is 11.9. The van der Waals surface area contributed by atoms with Crippen LogP contribution in [0.25, 0.3) is 0 Å². The molecule has 1 atom stereocenters. The van der Waals surface area contributed by atoms with Gasteiger partial charge in [-0.1, -0.05) is 0 Å². The Labute approximate surface area is 110 Å². The van der Waals surface area contributed by atoms with E-state index >= 15 is 0 Å².